The van der Waals surface area contributed by atoms with Crippen LogP contribution in [0.2, 0.25) is 0 Å². The van der Waals surface area contributed by atoms with Crippen LogP contribution in [0.4, 0.5) is 4.79 Å². The van der Waals surface area contributed by atoms with Crippen LogP contribution in [0.15, 0.2) is 0 Å². The first-order valence-corrected chi connectivity index (χ1v) is 5.04. The Hall–Kier alpha value is -1.08. The van der Waals surface area contributed by atoms with Crippen molar-refractivity contribution >= 4 is 19.3 Å². The van der Waals surface area contributed by atoms with E-state index in [4.69, 9.17) is 10.7 Å². The Kier molecular flexibility index (Phi) is 5.13. The van der Waals surface area contributed by atoms with E-state index in [0.29, 0.717) is 6.11 Å². The van der Waals surface area contributed by atoms with Gasteiger partial charge in [0.15, 0.2) is 0 Å². The first kappa shape index (κ1) is 12.0. The van der Waals surface area contributed by atoms with Crippen molar-refractivity contribution in [1.29, 1.82) is 5.41 Å². The van der Waals surface area contributed by atoms with Gasteiger partial charge in [-0.05, 0) is 12.8 Å². The third-order valence-corrected chi connectivity index (χ3v) is 2.39. The summed E-state index contributed by atoms with van der Waals surface area (Å²) in [5.41, 5.74) is 0. The van der Waals surface area contributed by atoms with Crippen LogP contribution in [0.5, 0.6) is 0 Å². The lowest BCUT2D eigenvalue weighted by Crippen LogP contribution is -2.40. The minimum atomic E-state index is -1.33. The van der Waals surface area contributed by atoms with Crippen molar-refractivity contribution in [2.24, 2.45) is 0 Å². The molecule has 0 aromatic carbocycles. The van der Waals surface area contributed by atoms with Gasteiger partial charge in [-0.1, -0.05) is 19.3 Å². The zero-order valence-electron chi connectivity index (χ0n) is 8.44. The van der Waals surface area contributed by atoms with Gasteiger partial charge in [0.25, 0.3) is 0 Å². The van der Waals surface area contributed by atoms with Crippen molar-refractivity contribution < 1.29 is 19.5 Å². The van der Waals surface area contributed by atoms with Crippen LogP contribution in [0.3, 0.4) is 0 Å². The molecule has 1 aliphatic rings. The van der Waals surface area contributed by atoms with Crippen molar-refractivity contribution in [2.75, 3.05) is 0 Å². The first-order chi connectivity index (χ1) is 7.26. The van der Waals surface area contributed by atoms with Crippen LogP contribution in [0.1, 0.15) is 32.1 Å². The number of rotatable bonds is 4. The summed E-state index contributed by atoms with van der Waals surface area (Å²) in [6.07, 6.45) is 5.35. The zero-order chi connectivity index (χ0) is 11.1. The van der Waals surface area contributed by atoms with Crippen LogP contribution >= 0.6 is 0 Å². The molecule has 6 nitrogen and oxygen atoms in total. The molecule has 7 heteroatoms. The van der Waals surface area contributed by atoms with Gasteiger partial charge in [0.2, 0.25) is 0 Å². The molecule has 0 aromatic heterocycles. The van der Waals surface area contributed by atoms with Gasteiger partial charge >= 0.3 is 13.2 Å². The number of amides is 1. The molecule has 0 heterocycles. The van der Waals surface area contributed by atoms with E-state index in [1.54, 1.807) is 0 Å². The second-order valence-corrected chi connectivity index (χ2v) is 3.53. The minimum absolute atomic E-state index is 0.135. The van der Waals surface area contributed by atoms with Gasteiger partial charge in [-0.2, -0.15) is 0 Å². The van der Waals surface area contributed by atoms with Gasteiger partial charge in [-0.3, -0.25) is 5.26 Å². The molecule has 0 spiro atoms. The number of carbonyl (C=O) groups excluding carboxylic acids is 1. The number of carbonyl (C=O) groups is 1. The molecule has 0 aliphatic heterocycles. The van der Waals surface area contributed by atoms with E-state index in [0.717, 1.165) is 25.7 Å². The normalized spacial score (nSPS) is 16.9. The lowest BCUT2D eigenvalue weighted by molar-refractivity contribution is -0.153. The minimum Gasteiger partial charge on any atom is -0.487 e. The maximum absolute atomic E-state index is 11.2. The van der Waals surface area contributed by atoms with Crippen molar-refractivity contribution in [3.05, 3.63) is 0 Å². The topological polar surface area (TPSA) is 91.6 Å². The highest BCUT2D eigenvalue weighted by molar-refractivity contribution is 6.75. The molecular formula is C8H15BN2O4. The van der Waals surface area contributed by atoms with Crippen LogP contribution in [-0.4, -0.2) is 30.6 Å². The molecule has 0 saturated heterocycles. The van der Waals surface area contributed by atoms with Gasteiger partial charge in [0.05, 0.1) is 0 Å². The van der Waals surface area contributed by atoms with Crippen molar-refractivity contribution in [3.63, 3.8) is 0 Å². The predicted octanol–water partition coefficient (Wildman–Crippen LogP) is 1.21. The van der Waals surface area contributed by atoms with Gasteiger partial charge in [0.1, 0.15) is 0 Å². The summed E-state index contributed by atoms with van der Waals surface area (Å²) in [7, 11) is -1.33. The molecule has 0 atom stereocenters. The van der Waals surface area contributed by atoms with Crippen molar-refractivity contribution in [1.82, 2.24) is 5.32 Å². The standard InChI is InChI=1S/C8H15BN2O4/c10-6-9(15-13)14-8(12)11-7-4-2-1-3-5-7/h6-7,10,13H,1-5H2,(H,11,12). The quantitative estimate of drug-likeness (QED) is 0.284. The average Bonchev–Trinajstić information content (AvgIpc) is 2.27. The Morgan fingerprint density at radius 1 is 1.47 bits per heavy atom. The van der Waals surface area contributed by atoms with E-state index in [9.17, 15) is 4.79 Å². The van der Waals surface area contributed by atoms with Gasteiger partial charge in [-0.25, -0.2) is 9.60 Å². The van der Waals surface area contributed by atoms with Gasteiger partial charge < -0.3 is 15.4 Å². The molecular weight excluding hydrogens is 199 g/mol. The molecule has 1 aliphatic carbocycles. The van der Waals surface area contributed by atoms with E-state index < -0.39 is 13.2 Å². The highest BCUT2D eigenvalue weighted by Gasteiger charge is 2.23. The molecule has 84 valence electrons. The molecule has 3 N–H and O–H groups in total. The first-order valence-electron chi connectivity index (χ1n) is 5.04. The Morgan fingerprint density at radius 3 is 2.67 bits per heavy atom. The van der Waals surface area contributed by atoms with Crippen molar-refractivity contribution in [2.45, 2.75) is 38.1 Å². The maximum Gasteiger partial charge on any atom is 0.605 e. The summed E-state index contributed by atoms with van der Waals surface area (Å²) >= 11 is 0. The largest absolute Gasteiger partial charge is 0.605 e. The van der Waals surface area contributed by atoms with Crippen LogP contribution in [0, 0.1) is 5.41 Å². The third kappa shape index (κ3) is 4.31. The highest BCUT2D eigenvalue weighted by atomic mass is 17.1. The lowest BCUT2D eigenvalue weighted by atomic mass is 9.94. The summed E-state index contributed by atoms with van der Waals surface area (Å²) in [5, 5.41) is 17.6. The summed E-state index contributed by atoms with van der Waals surface area (Å²) < 4.78 is 4.59. The third-order valence-electron chi connectivity index (χ3n) is 2.39. The molecule has 1 amide bonds. The molecule has 1 saturated carbocycles. The number of hydrogen-bond acceptors (Lipinski definition) is 5. The summed E-state index contributed by atoms with van der Waals surface area (Å²) in [5.74, 6) is 0. The van der Waals surface area contributed by atoms with Gasteiger partial charge in [0, 0.05) is 12.2 Å². The Bertz CT molecular complexity index is 221. The number of nitrogens with one attached hydrogen (secondary N) is 2. The van der Waals surface area contributed by atoms with Crippen LogP contribution in [-0.2, 0) is 9.46 Å². The van der Waals surface area contributed by atoms with Crippen molar-refractivity contribution in [3.8, 4) is 0 Å². The summed E-state index contributed by atoms with van der Waals surface area (Å²) in [4.78, 5) is 14.9. The average molecular weight is 214 g/mol. The Balaban J connectivity index is 2.24. The highest BCUT2D eigenvalue weighted by Crippen LogP contribution is 2.17. The van der Waals surface area contributed by atoms with E-state index in [2.05, 4.69) is 14.8 Å². The second-order valence-electron chi connectivity index (χ2n) is 3.53. The predicted molar refractivity (Wildman–Crippen MR) is 54.7 cm³/mol. The monoisotopic (exact) mass is 214 g/mol. The Morgan fingerprint density at radius 2 is 2.13 bits per heavy atom. The molecule has 0 radical (unpaired) electrons. The van der Waals surface area contributed by atoms with Crippen LogP contribution in [0.25, 0.3) is 0 Å². The van der Waals surface area contributed by atoms with E-state index in [-0.39, 0.29) is 6.04 Å². The lowest BCUT2D eigenvalue weighted by Gasteiger charge is -2.22. The molecule has 1 rings (SSSR count). The van der Waals surface area contributed by atoms with E-state index in [1.807, 2.05) is 0 Å². The van der Waals surface area contributed by atoms with Crippen LogP contribution < -0.4 is 5.32 Å². The SMILES string of the molecule is N=CB(OO)OC(=O)NC1CCCCC1. The smallest absolute Gasteiger partial charge is 0.487 e. The fraction of sp³-hybridized carbons (Fsp3) is 0.750. The second kappa shape index (κ2) is 6.42. The van der Waals surface area contributed by atoms with E-state index >= 15 is 0 Å². The fourth-order valence-electron chi connectivity index (χ4n) is 1.64. The molecule has 15 heavy (non-hydrogen) atoms. The maximum atomic E-state index is 11.2. The fourth-order valence-corrected chi connectivity index (χ4v) is 1.64. The molecule has 1 fully saturated rings. The molecule has 0 unspecified atom stereocenters. The number of hydrogen-bond donors (Lipinski definition) is 3. The zero-order valence-corrected chi connectivity index (χ0v) is 8.44. The molecule has 0 aromatic rings. The van der Waals surface area contributed by atoms with E-state index in [1.165, 1.54) is 6.42 Å². The summed E-state index contributed by atoms with van der Waals surface area (Å²) in [6.45, 7) is 0. The molecule has 0 bridgehead atoms. The summed E-state index contributed by atoms with van der Waals surface area (Å²) in [6, 6.07) is 0.135. The van der Waals surface area contributed by atoms with Gasteiger partial charge in [-0.15, -0.1) is 0 Å². The Labute approximate surface area is 88.5 Å².